The van der Waals surface area contributed by atoms with E-state index in [-0.39, 0.29) is 5.82 Å². The van der Waals surface area contributed by atoms with E-state index in [0.29, 0.717) is 15.6 Å². The van der Waals surface area contributed by atoms with Crippen LogP contribution < -0.4 is 5.73 Å². The van der Waals surface area contributed by atoms with E-state index >= 15 is 0 Å². The fourth-order valence-corrected chi connectivity index (χ4v) is 2.40. The number of hydrogen-bond donors (Lipinski definition) is 1. The lowest BCUT2D eigenvalue weighted by Gasteiger charge is -2.15. The zero-order chi connectivity index (χ0) is 13.3. The molecule has 1 unspecified atom stereocenters. The lowest BCUT2D eigenvalue weighted by atomic mass is 9.99. The molecule has 0 aliphatic heterocycles. The van der Waals surface area contributed by atoms with Crippen LogP contribution >= 0.6 is 45.8 Å². The van der Waals surface area contributed by atoms with Crippen molar-refractivity contribution < 1.29 is 4.39 Å². The predicted molar refractivity (Wildman–Crippen MR) is 81.6 cm³/mol. The molecule has 0 saturated heterocycles. The molecular weight excluding hydrogens is 387 g/mol. The Morgan fingerprint density at radius 1 is 1.06 bits per heavy atom. The number of rotatable bonds is 2. The minimum absolute atomic E-state index is 0.360. The van der Waals surface area contributed by atoms with E-state index in [2.05, 4.69) is 22.6 Å². The molecule has 0 heterocycles. The van der Waals surface area contributed by atoms with Crippen LogP contribution in [0, 0.1) is 9.39 Å². The lowest BCUT2D eigenvalue weighted by molar-refractivity contribution is 0.623. The van der Waals surface area contributed by atoms with Gasteiger partial charge in [0, 0.05) is 8.59 Å². The van der Waals surface area contributed by atoms with E-state index in [9.17, 15) is 4.39 Å². The quantitative estimate of drug-likeness (QED) is 0.727. The second-order valence-electron chi connectivity index (χ2n) is 3.82. The molecule has 94 valence electrons. The standard InChI is InChI=1S/C13H9Cl2FIN/c14-10-3-2-8(16)6-9(10)13(18)7-1-4-12(17)11(15)5-7/h1-6,13H,18H2. The summed E-state index contributed by atoms with van der Waals surface area (Å²) < 4.78 is 14.2. The molecule has 18 heavy (non-hydrogen) atoms. The van der Waals surface area contributed by atoms with Crippen LogP contribution in [-0.4, -0.2) is 0 Å². The van der Waals surface area contributed by atoms with Crippen LogP contribution in [0.5, 0.6) is 0 Å². The van der Waals surface area contributed by atoms with E-state index < -0.39 is 6.04 Å². The third-order valence-electron chi connectivity index (χ3n) is 2.60. The Morgan fingerprint density at radius 3 is 2.44 bits per heavy atom. The summed E-state index contributed by atoms with van der Waals surface area (Å²) in [6, 6.07) is 9.15. The predicted octanol–water partition coefficient (Wildman–Crippen LogP) is 4.79. The lowest BCUT2D eigenvalue weighted by Crippen LogP contribution is -2.12. The average Bonchev–Trinajstić information content (AvgIpc) is 2.35. The van der Waals surface area contributed by atoms with Gasteiger partial charge >= 0.3 is 0 Å². The fourth-order valence-electron chi connectivity index (χ4n) is 1.64. The molecule has 1 atom stereocenters. The van der Waals surface area contributed by atoms with Gasteiger partial charge in [-0.1, -0.05) is 29.3 Å². The topological polar surface area (TPSA) is 26.0 Å². The monoisotopic (exact) mass is 395 g/mol. The summed E-state index contributed by atoms with van der Waals surface area (Å²) in [7, 11) is 0. The second-order valence-corrected chi connectivity index (χ2v) is 5.79. The average molecular weight is 396 g/mol. The van der Waals surface area contributed by atoms with Gasteiger partial charge in [-0.15, -0.1) is 0 Å². The van der Waals surface area contributed by atoms with Crippen LogP contribution in [-0.2, 0) is 0 Å². The van der Waals surface area contributed by atoms with Crippen LogP contribution in [0.15, 0.2) is 36.4 Å². The van der Waals surface area contributed by atoms with Crippen molar-refractivity contribution in [2.45, 2.75) is 6.04 Å². The molecule has 0 fully saturated rings. The number of benzene rings is 2. The first-order valence-corrected chi connectivity index (χ1v) is 6.98. The number of halogens is 4. The first-order valence-electron chi connectivity index (χ1n) is 5.14. The largest absolute Gasteiger partial charge is 0.320 e. The molecule has 1 nitrogen and oxygen atoms in total. The fraction of sp³-hybridized carbons (Fsp3) is 0.0769. The minimum Gasteiger partial charge on any atom is -0.320 e. The van der Waals surface area contributed by atoms with Gasteiger partial charge in [0.2, 0.25) is 0 Å². The highest BCUT2D eigenvalue weighted by Gasteiger charge is 2.14. The van der Waals surface area contributed by atoms with Gasteiger partial charge in [0.05, 0.1) is 11.1 Å². The van der Waals surface area contributed by atoms with E-state index in [1.807, 2.05) is 12.1 Å². The van der Waals surface area contributed by atoms with Crippen molar-refractivity contribution in [3.05, 3.63) is 67.0 Å². The van der Waals surface area contributed by atoms with E-state index in [0.717, 1.165) is 9.13 Å². The molecule has 0 aromatic heterocycles. The molecular formula is C13H9Cl2FIN. The highest BCUT2D eigenvalue weighted by Crippen LogP contribution is 2.29. The molecule has 2 aromatic rings. The summed E-state index contributed by atoms with van der Waals surface area (Å²) in [6.07, 6.45) is 0. The summed E-state index contributed by atoms with van der Waals surface area (Å²) >= 11 is 14.2. The summed E-state index contributed by atoms with van der Waals surface area (Å²) in [5, 5.41) is 1.06. The van der Waals surface area contributed by atoms with Crippen molar-refractivity contribution in [2.75, 3.05) is 0 Å². The molecule has 0 bridgehead atoms. The Balaban J connectivity index is 2.44. The van der Waals surface area contributed by atoms with Gasteiger partial charge in [-0.2, -0.15) is 0 Å². The molecule has 2 N–H and O–H groups in total. The van der Waals surface area contributed by atoms with Crippen molar-refractivity contribution in [3.8, 4) is 0 Å². The maximum Gasteiger partial charge on any atom is 0.123 e. The third-order valence-corrected chi connectivity index (χ3v) is 4.51. The Hall–Kier alpha value is -0.360. The van der Waals surface area contributed by atoms with E-state index in [1.54, 1.807) is 6.07 Å². The smallest absolute Gasteiger partial charge is 0.123 e. The van der Waals surface area contributed by atoms with Crippen molar-refractivity contribution in [3.63, 3.8) is 0 Å². The highest BCUT2D eigenvalue weighted by molar-refractivity contribution is 14.1. The molecule has 2 rings (SSSR count). The summed E-state index contributed by atoms with van der Waals surface area (Å²) in [4.78, 5) is 0. The number of nitrogens with two attached hydrogens (primary N) is 1. The Kier molecular flexibility index (Phi) is 4.48. The summed E-state index contributed by atoms with van der Waals surface area (Å²) in [5.41, 5.74) is 7.44. The van der Waals surface area contributed by atoms with Gasteiger partial charge in [0.25, 0.3) is 0 Å². The van der Waals surface area contributed by atoms with Gasteiger partial charge < -0.3 is 5.73 Å². The first-order chi connectivity index (χ1) is 8.49. The van der Waals surface area contributed by atoms with Crippen molar-refractivity contribution in [2.24, 2.45) is 5.73 Å². The van der Waals surface area contributed by atoms with Crippen LogP contribution in [0.1, 0.15) is 17.2 Å². The Morgan fingerprint density at radius 2 is 1.78 bits per heavy atom. The molecule has 0 aliphatic rings. The van der Waals surface area contributed by atoms with Crippen LogP contribution in [0.2, 0.25) is 10.0 Å². The summed E-state index contributed by atoms with van der Waals surface area (Å²) in [6.45, 7) is 0. The zero-order valence-electron chi connectivity index (χ0n) is 9.13. The van der Waals surface area contributed by atoms with Gasteiger partial charge in [-0.3, -0.25) is 0 Å². The maximum absolute atomic E-state index is 13.2. The van der Waals surface area contributed by atoms with Gasteiger partial charge in [-0.25, -0.2) is 4.39 Å². The number of hydrogen-bond acceptors (Lipinski definition) is 1. The molecule has 0 aliphatic carbocycles. The maximum atomic E-state index is 13.2. The first kappa shape index (κ1) is 14.1. The van der Waals surface area contributed by atoms with E-state index in [1.165, 1.54) is 18.2 Å². The van der Waals surface area contributed by atoms with Gasteiger partial charge in [0.15, 0.2) is 0 Å². The highest BCUT2D eigenvalue weighted by atomic mass is 127. The SMILES string of the molecule is NC(c1ccc(I)c(Cl)c1)c1cc(F)ccc1Cl. The van der Waals surface area contributed by atoms with Crippen molar-refractivity contribution in [1.29, 1.82) is 0 Å². The molecule has 0 spiro atoms. The minimum atomic E-state index is -0.498. The van der Waals surface area contributed by atoms with Crippen molar-refractivity contribution >= 4 is 45.8 Å². The molecule has 0 radical (unpaired) electrons. The third kappa shape index (κ3) is 2.96. The second kappa shape index (κ2) is 5.74. The zero-order valence-corrected chi connectivity index (χ0v) is 12.8. The Labute approximate surface area is 128 Å². The molecule has 0 saturated carbocycles. The molecule has 5 heteroatoms. The normalized spacial score (nSPS) is 12.5. The van der Waals surface area contributed by atoms with Crippen LogP contribution in [0.4, 0.5) is 4.39 Å². The molecule has 2 aromatic carbocycles. The Bertz CT molecular complexity index is 589. The van der Waals surface area contributed by atoms with Crippen molar-refractivity contribution in [1.82, 2.24) is 0 Å². The van der Waals surface area contributed by atoms with E-state index in [4.69, 9.17) is 28.9 Å². The van der Waals surface area contributed by atoms with Gasteiger partial charge in [0.1, 0.15) is 5.82 Å². The van der Waals surface area contributed by atoms with Crippen LogP contribution in [0.3, 0.4) is 0 Å². The van der Waals surface area contributed by atoms with Gasteiger partial charge in [-0.05, 0) is 64.0 Å². The van der Waals surface area contributed by atoms with Crippen LogP contribution in [0.25, 0.3) is 0 Å². The molecule has 0 amide bonds. The summed E-state index contributed by atoms with van der Waals surface area (Å²) in [5.74, 6) is -0.360.